The number of aliphatic hydroxyl groups is 4. The smallest absolute Gasteiger partial charge is 0.222 e. The molecule has 1 aliphatic heterocycles. The van der Waals surface area contributed by atoms with E-state index in [9.17, 15) is 20.1 Å². The van der Waals surface area contributed by atoms with E-state index in [1.807, 2.05) is 0 Å². The van der Waals surface area contributed by atoms with E-state index in [2.05, 4.69) is 19.1 Å². The minimum Gasteiger partial charge on any atom is -0.394 e. The van der Waals surface area contributed by atoms with Gasteiger partial charge in [0.05, 0.1) is 6.61 Å². The summed E-state index contributed by atoms with van der Waals surface area (Å²) in [6.07, 6.45) is 10.8. The van der Waals surface area contributed by atoms with E-state index in [4.69, 9.17) is 9.84 Å². The van der Waals surface area contributed by atoms with Crippen LogP contribution in [-0.4, -0.2) is 75.5 Å². The summed E-state index contributed by atoms with van der Waals surface area (Å²) >= 11 is 0. The third kappa shape index (κ3) is 9.13. The lowest BCUT2D eigenvalue weighted by atomic mass is 9.95. The zero-order chi connectivity index (χ0) is 21.6. The second-order valence-electron chi connectivity index (χ2n) is 8.00. The molecule has 7 heteroatoms. The minimum absolute atomic E-state index is 0.207. The van der Waals surface area contributed by atoms with Gasteiger partial charge in [0.2, 0.25) is 5.91 Å². The van der Waals surface area contributed by atoms with Crippen molar-refractivity contribution in [1.29, 1.82) is 0 Å². The first-order chi connectivity index (χ1) is 13.9. The molecule has 0 spiro atoms. The van der Waals surface area contributed by atoms with E-state index in [1.165, 1.54) is 44.1 Å². The second-order valence-corrected chi connectivity index (χ2v) is 8.00. The van der Waals surface area contributed by atoms with Crippen molar-refractivity contribution in [3.8, 4) is 0 Å². The van der Waals surface area contributed by atoms with Crippen molar-refractivity contribution in [3.63, 3.8) is 0 Å². The molecular weight excluding hydrogens is 374 g/mol. The van der Waals surface area contributed by atoms with Gasteiger partial charge in [0.15, 0.2) is 6.29 Å². The lowest BCUT2D eigenvalue weighted by Crippen LogP contribution is -2.64. The Hall–Kier alpha value is -0.990. The van der Waals surface area contributed by atoms with Gasteiger partial charge in [-0.25, -0.2) is 0 Å². The lowest BCUT2D eigenvalue weighted by Gasteiger charge is -2.43. The molecule has 0 aliphatic carbocycles. The van der Waals surface area contributed by atoms with Crippen LogP contribution in [-0.2, 0) is 9.53 Å². The van der Waals surface area contributed by atoms with Crippen LogP contribution in [0.1, 0.15) is 77.6 Å². The molecule has 0 aromatic carbocycles. The summed E-state index contributed by atoms with van der Waals surface area (Å²) < 4.78 is 5.12. The number of allylic oxidation sites excluding steroid dienone is 2. The average molecular weight is 416 g/mol. The Kier molecular flexibility index (Phi) is 13.4. The quantitative estimate of drug-likeness (QED) is 0.255. The molecule has 1 fully saturated rings. The number of ether oxygens (including phenoxy) is 1. The Balaban J connectivity index is 2.18. The highest BCUT2D eigenvalue weighted by Crippen LogP contribution is 2.24. The van der Waals surface area contributed by atoms with Crippen molar-refractivity contribution in [2.24, 2.45) is 0 Å². The van der Waals surface area contributed by atoms with Crippen molar-refractivity contribution in [1.82, 2.24) is 4.90 Å². The lowest BCUT2D eigenvalue weighted by molar-refractivity contribution is -0.268. The van der Waals surface area contributed by atoms with Crippen LogP contribution in [0.25, 0.3) is 0 Å². The molecule has 29 heavy (non-hydrogen) atoms. The number of carbonyl (C=O) groups excluding carboxylic acids is 1. The molecule has 0 radical (unpaired) electrons. The first kappa shape index (κ1) is 26.0. The van der Waals surface area contributed by atoms with E-state index >= 15 is 0 Å². The SMILES string of the molecule is CCCCCC=CCCCCCCCC(=O)N(C)[C@H]1C(O)O[C@H](CO)[C@@H](O)[C@@H]1O. The van der Waals surface area contributed by atoms with Gasteiger partial charge in [-0.1, -0.05) is 51.2 Å². The molecule has 1 rings (SSSR count). The van der Waals surface area contributed by atoms with Gasteiger partial charge in [-0.15, -0.1) is 0 Å². The first-order valence-corrected chi connectivity index (χ1v) is 11.1. The van der Waals surface area contributed by atoms with Gasteiger partial charge < -0.3 is 30.1 Å². The van der Waals surface area contributed by atoms with Crippen molar-refractivity contribution in [2.75, 3.05) is 13.7 Å². The Morgan fingerprint density at radius 1 is 0.931 bits per heavy atom. The summed E-state index contributed by atoms with van der Waals surface area (Å²) in [5, 5.41) is 39.3. The van der Waals surface area contributed by atoms with Crippen molar-refractivity contribution in [3.05, 3.63) is 12.2 Å². The van der Waals surface area contributed by atoms with E-state index < -0.39 is 37.3 Å². The summed E-state index contributed by atoms with van der Waals surface area (Å²) in [5.74, 6) is -0.207. The molecule has 0 bridgehead atoms. The monoisotopic (exact) mass is 415 g/mol. The number of aliphatic hydroxyl groups excluding tert-OH is 4. The van der Waals surface area contributed by atoms with Gasteiger partial charge >= 0.3 is 0 Å². The standard InChI is InChI=1S/C22H41NO6/c1-3-4-5-6-7-8-9-10-11-12-13-14-15-18(25)23(2)19-21(27)20(26)17(16-24)29-22(19)28/h7-8,17,19-22,24,26-28H,3-6,9-16H2,1-2H3/t17-,19-,20-,21-,22?/m1/s1. The zero-order valence-electron chi connectivity index (χ0n) is 18.1. The number of hydrogen-bond acceptors (Lipinski definition) is 6. The molecule has 5 atom stereocenters. The van der Waals surface area contributed by atoms with E-state index in [0.29, 0.717) is 6.42 Å². The Morgan fingerprint density at radius 2 is 1.52 bits per heavy atom. The average Bonchev–Trinajstić information content (AvgIpc) is 2.71. The number of nitrogens with zero attached hydrogens (tertiary/aromatic N) is 1. The summed E-state index contributed by atoms with van der Waals surface area (Å²) in [6.45, 7) is 1.69. The van der Waals surface area contributed by atoms with Crippen LogP contribution in [0.3, 0.4) is 0 Å². The molecule has 7 nitrogen and oxygen atoms in total. The summed E-state index contributed by atoms with van der Waals surface area (Å²) in [6, 6.07) is -1.05. The molecule has 0 aromatic rings. The Labute approximate surface area is 175 Å². The zero-order valence-corrected chi connectivity index (χ0v) is 18.1. The van der Waals surface area contributed by atoms with Crippen LogP contribution in [0.15, 0.2) is 12.2 Å². The number of unbranched alkanes of at least 4 members (excludes halogenated alkanes) is 8. The molecule has 1 aliphatic rings. The normalized spacial score (nSPS) is 27.4. The molecule has 4 N–H and O–H groups in total. The number of carbonyl (C=O) groups is 1. The van der Waals surface area contributed by atoms with E-state index in [-0.39, 0.29) is 5.91 Å². The van der Waals surface area contributed by atoms with Crippen LogP contribution in [0.5, 0.6) is 0 Å². The minimum atomic E-state index is -1.45. The molecule has 0 saturated carbocycles. The first-order valence-electron chi connectivity index (χ1n) is 11.1. The molecule has 1 heterocycles. The predicted molar refractivity (Wildman–Crippen MR) is 112 cm³/mol. The Morgan fingerprint density at radius 3 is 2.14 bits per heavy atom. The fraction of sp³-hybridized carbons (Fsp3) is 0.864. The molecular formula is C22H41NO6. The van der Waals surface area contributed by atoms with Crippen molar-refractivity contribution < 1.29 is 30.0 Å². The number of amides is 1. The molecule has 170 valence electrons. The van der Waals surface area contributed by atoms with E-state index in [0.717, 1.165) is 32.1 Å². The largest absolute Gasteiger partial charge is 0.394 e. The maximum Gasteiger partial charge on any atom is 0.222 e. The second kappa shape index (κ2) is 14.9. The third-order valence-electron chi connectivity index (χ3n) is 5.61. The maximum absolute atomic E-state index is 12.4. The molecule has 1 unspecified atom stereocenters. The number of rotatable bonds is 14. The molecule has 0 aromatic heterocycles. The molecule has 1 saturated heterocycles. The number of hydrogen-bond donors (Lipinski definition) is 4. The van der Waals surface area contributed by atoms with Crippen molar-refractivity contribution >= 4 is 5.91 Å². The van der Waals surface area contributed by atoms with E-state index in [1.54, 1.807) is 0 Å². The van der Waals surface area contributed by atoms with Crippen molar-refractivity contribution in [2.45, 2.75) is 108 Å². The number of likely N-dealkylation sites (N-methyl/N-ethyl adjacent to an activating group) is 1. The predicted octanol–water partition coefficient (Wildman–Crippen LogP) is 2.11. The van der Waals surface area contributed by atoms with Crippen LogP contribution < -0.4 is 0 Å². The summed E-state index contributed by atoms with van der Waals surface area (Å²) in [4.78, 5) is 13.6. The maximum atomic E-state index is 12.4. The third-order valence-corrected chi connectivity index (χ3v) is 5.61. The Bertz CT molecular complexity index is 472. The van der Waals surface area contributed by atoms with Crippen LogP contribution in [0, 0.1) is 0 Å². The fourth-order valence-corrected chi connectivity index (χ4v) is 3.66. The van der Waals surface area contributed by atoms with Gasteiger partial charge in [-0.2, -0.15) is 0 Å². The highest BCUT2D eigenvalue weighted by molar-refractivity contribution is 5.76. The van der Waals surface area contributed by atoms with Gasteiger partial charge in [-0.3, -0.25) is 4.79 Å². The topological polar surface area (TPSA) is 110 Å². The van der Waals surface area contributed by atoms with Gasteiger partial charge in [0, 0.05) is 13.5 Å². The highest BCUT2D eigenvalue weighted by atomic mass is 16.6. The summed E-state index contributed by atoms with van der Waals surface area (Å²) in [5.41, 5.74) is 0. The van der Waals surface area contributed by atoms with Gasteiger partial charge in [0.25, 0.3) is 0 Å². The van der Waals surface area contributed by atoms with Gasteiger partial charge in [-0.05, 0) is 32.1 Å². The van der Waals surface area contributed by atoms with Crippen LogP contribution >= 0.6 is 0 Å². The highest BCUT2D eigenvalue weighted by Gasteiger charge is 2.46. The van der Waals surface area contributed by atoms with Gasteiger partial charge in [0.1, 0.15) is 24.4 Å². The summed E-state index contributed by atoms with van der Waals surface area (Å²) in [7, 11) is 1.49. The fourth-order valence-electron chi connectivity index (χ4n) is 3.66. The van der Waals surface area contributed by atoms with Crippen LogP contribution in [0.4, 0.5) is 0 Å². The molecule has 1 amide bonds. The van der Waals surface area contributed by atoms with Crippen LogP contribution in [0.2, 0.25) is 0 Å².